The van der Waals surface area contributed by atoms with E-state index in [2.05, 4.69) is 0 Å². The molecule has 0 fully saturated rings. The third kappa shape index (κ3) is 2.38. The highest BCUT2D eigenvalue weighted by molar-refractivity contribution is 5.91. The average Bonchev–Trinajstić information content (AvgIpc) is 2.47. The van der Waals surface area contributed by atoms with Gasteiger partial charge >= 0.3 is 0 Å². The van der Waals surface area contributed by atoms with Gasteiger partial charge in [-0.2, -0.15) is 0 Å². The molecule has 20 heavy (non-hydrogen) atoms. The van der Waals surface area contributed by atoms with E-state index in [0.29, 0.717) is 12.4 Å². The molecule has 0 heterocycles. The topological polar surface area (TPSA) is 49.7 Å². The molecule has 0 saturated heterocycles. The SMILES string of the molecule is Oc1cc2cccc(OCc3ccccc3)c2cc1O. The summed E-state index contributed by atoms with van der Waals surface area (Å²) in [5, 5.41) is 20.7. The fourth-order valence-corrected chi connectivity index (χ4v) is 2.13. The van der Waals surface area contributed by atoms with Gasteiger partial charge in [0.25, 0.3) is 0 Å². The van der Waals surface area contributed by atoms with Gasteiger partial charge in [0.15, 0.2) is 11.5 Å². The number of rotatable bonds is 3. The number of phenols is 2. The van der Waals surface area contributed by atoms with Gasteiger partial charge in [0.1, 0.15) is 12.4 Å². The van der Waals surface area contributed by atoms with Crippen LogP contribution in [0.2, 0.25) is 0 Å². The van der Waals surface area contributed by atoms with Crippen LogP contribution in [0, 0.1) is 0 Å². The van der Waals surface area contributed by atoms with E-state index in [-0.39, 0.29) is 11.5 Å². The van der Waals surface area contributed by atoms with Gasteiger partial charge in [-0.3, -0.25) is 0 Å². The van der Waals surface area contributed by atoms with Crippen molar-refractivity contribution < 1.29 is 14.9 Å². The van der Waals surface area contributed by atoms with Crippen LogP contribution in [0.5, 0.6) is 17.2 Å². The summed E-state index contributed by atoms with van der Waals surface area (Å²) >= 11 is 0. The molecule has 0 aliphatic carbocycles. The monoisotopic (exact) mass is 266 g/mol. The first kappa shape index (κ1) is 12.4. The summed E-state index contributed by atoms with van der Waals surface area (Å²) in [5.41, 5.74) is 1.08. The van der Waals surface area contributed by atoms with Crippen molar-refractivity contribution in [3.8, 4) is 17.2 Å². The van der Waals surface area contributed by atoms with E-state index < -0.39 is 0 Å². The summed E-state index contributed by atoms with van der Waals surface area (Å²) < 4.78 is 5.81. The minimum Gasteiger partial charge on any atom is -0.504 e. The Labute approximate surface area is 116 Å². The van der Waals surface area contributed by atoms with Gasteiger partial charge in [-0.1, -0.05) is 42.5 Å². The van der Waals surface area contributed by atoms with E-state index in [1.165, 1.54) is 12.1 Å². The molecule has 0 aliphatic rings. The molecule has 3 aromatic carbocycles. The highest BCUT2D eigenvalue weighted by Gasteiger charge is 2.07. The lowest BCUT2D eigenvalue weighted by molar-refractivity contribution is 0.310. The number of phenolic OH excluding ortho intramolecular Hbond substituents is 2. The van der Waals surface area contributed by atoms with E-state index in [9.17, 15) is 10.2 Å². The fraction of sp³-hybridized carbons (Fsp3) is 0.0588. The van der Waals surface area contributed by atoms with E-state index in [0.717, 1.165) is 16.3 Å². The zero-order chi connectivity index (χ0) is 13.9. The van der Waals surface area contributed by atoms with Crippen molar-refractivity contribution >= 4 is 10.8 Å². The van der Waals surface area contributed by atoms with Crippen LogP contribution in [0.1, 0.15) is 5.56 Å². The molecule has 0 amide bonds. The molecule has 0 bridgehead atoms. The Bertz CT molecular complexity index is 736. The van der Waals surface area contributed by atoms with Crippen LogP contribution in [0.15, 0.2) is 60.7 Å². The van der Waals surface area contributed by atoms with E-state index >= 15 is 0 Å². The predicted molar refractivity (Wildman–Crippen MR) is 78.1 cm³/mol. The first-order valence-electron chi connectivity index (χ1n) is 6.35. The molecular formula is C17H14O3. The molecule has 3 nitrogen and oxygen atoms in total. The number of fused-ring (bicyclic) bond motifs is 1. The van der Waals surface area contributed by atoms with Crippen molar-refractivity contribution in [2.45, 2.75) is 6.61 Å². The standard InChI is InChI=1S/C17H14O3/c18-15-9-13-7-4-8-17(14(13)10-16(15)19)20-11-12-5-2-1-3-6-12/h1-10,18-19H,11H2. The summed E-state index contributed by atoms with van der Waals surface area (Å²) in [6, 6.07) is 18.5. The Kier molecular flexibility index (Phi) is 3.17. The first-order valence-corrected chi connectivity index (χ1v) is 6.35. The Hall–Kier alpha value is -2.68. The van der Waals surface area contributed by atoms with E-state index in [1.807, 2.05) is 48.5 Å². The van der Waals surface area contributed by atoms with Gasteiger partial charge in [0, 0.05) is 5.39 Å². The Morgan fingerprint density at radius 1 is 0.800 bits per heavy atom. The molecule has 0 aliphatic heterocycles. The number of aromatic hydroxyl groups is 2. The number of hydrogen-bond donors (Lipinski definition) is 2. The van der Waals surface area contributed by atoms with Gasteiger partial charge in [0.2, 0.25) is 0 Å². The van der Waals surface area contributed by atoms with Crippen molar-refractivity contribution in [1.29, 1.82) is 0 Å². The lowest BCUT2D eigenvalue weighted by atomic mass is 10.1. The van der Waals surface area contributed by atoms with Crippen LogP contribution in [-0.4, -0.2) is 10.2 Å². The molecule has 3 heteroatoms. The molecule has 0 aromatic heterocycles. The quantitative estimate of drug-likeness (QED) is 0.708. The molecule has 0 unspecified atom stereocenters. The lowest BCUT2D eigenvalue weighted by Gasteiger charge is -2.10. The third-order valence-corrected chi connectivity index (χ3v) is 3.17. The number of ether oxygens (including phenoxy) is 1. The Balaban J connectivity index is 1.93. The lowest BCUT2D eigenvalue weighted by Crippen LogP contribution is -1.95. The Morgan fingerprint density at radius 2 is 1.55 bits per heavy atom. The zero-order valence-corrected chi connectivity index (χ0v) is 10.8. The third-order valence-electron chi connectivity index (χ3n) is 3.17. The van der Waals surface area contributed by atoms with Crippen molar-refractivity contribution in [2.75, 3.05) is 0 Å². The number of benzene rings is 3. The van der Waals surface area contributed by atoms with E-state index in [4.69, 9.17) is 4.74 Å². The molecule has 3 rings (SSSR count). The normalized spacial score (nSPS) is 10.6. The van der Waals surface area contributed by atoms with Gasteiger partial charge in [0.05, 0.1) is 0 Å². The summed E-state index contributed by atoms with van der Waals surface area (Å²) in [7, 11) is 0. The maximum Gasteiger partial charge on any atom is 0.158 e. The molecule has 0 saturated carbocycles. The molecule has 100 valence electrons. The van der Waals surface area contributed by atoms with Crippen LogP contribution in [-0.2, 0) is 6.61 Å². The summed E-state index contributed by atoms with van der Waals surface area (Å²) in [6.45, 7) is 0.460. The summed E-state index contributed by atoms with van der Waals surface area (Å²) in [4.78, 5) is 0. The second-order valence-corrected chi connectivity index (χ2v) is 4.59. The van der Waals surface area contributed by atoms with Crippen LogP contribution in [0.25, 0.3) is 10.8 Å². The van der Waals surface area contributed by atoms with Crippen LogP contribution < -0.4 is 4.74 Å². The zero-order valence-electron chi connectivity index (χ0n) is 10.8. The minimum absolute atomic E-state index is 0.127. The molecule has 0 spiro atoms. The second-order valence-electron chi connectivity index (χ2n) is 4.59. The fourth-order valence-electron chi connectivity index (χ4n) is 2.13. The second kappa shape index (κ2) is 5.13. The van der Waals surface area contributed by atoms with Crippen LogP contribution in [0.4, 0.5) is 0 Å². The minimum atomic E-state index is -0.145. The van der Waals surface area contributed by atoms with Gasteiger partial charge in [-0.25, -0.2) is 0 Å². The van der Waals surface area contributed by atoms with Gasteiger partial charge in [-0.05, 0) is 29.1 Å². The summed E-state index contributed by atoms with van der Waals surface area (Å²) in [6.07, 6.45) is 0. The first-order chi connectivity index (χ1) is 9.74. The maximum atomic E-state index is 9.62. The molecule has 0 radical (unpaired) electrons. The van der Waals surface area contributed by atoms with Crippen molar-refractivity contribution in [3.05, 3.63) is 66.2 Å². The summed E-state index contributed by atoms with van der Waals surface area (Å²) in [5.74, 6) is 0.410. The van der Waals surface area contributed by atoms with Crippen LogP contribution in [0.3, 0.4) is 0 Å². The van der Waals surface area contributed by atoms with Crippen molar-refractivity contribution in [2.24, 2.45) is 0 Å². The number of hydrogen-bond acceptors (Lipinski definition) is 3. The molecule has 2 N–H and O–H groups in total. The molecule has 3 aromatic rings. The highest BCUT2D eigenvalue weighted by atomic mass is 16.5. The van der Waals surface area contributed by atoms with Crippen molar-refractivity contribution in [3.63, 3.8) is 0 Å². The van der Waals surface area contributed by atoms with Gasteiger partial charge < -0.3 is 14.9 Å². The highest BCUT2D eigenvalue weighted by Crippen LogP contribution is 2.35. The average molecular weight is 266 g/mol. The largest absolute Gasteiger partial charge is 0.504 e. The van der Waals surface area contributed by atoms with Crippen molar-refractivity contribution in [1.82, 2.24) is 0 Å². The smallest absolute Gasteiger partial charge is 0.158 e. The molecular weight excluding hydrogens is 252 g/mol. The van der Waals surface area contributed by atoms with Crippen LogP contribution >= 0.6 is 0 Å². The maximum absolute atomic E-state index is 9.62. The predicted octanol–water partition coefficient (Wildman–Crippen LogP) is 3.83. The Morgan fingerprint density at radius 3 is 2.35 bits per heavy atom. The van der Waals surface area contributed by atoms with E-state index in [1.54, 1.807) is 0 Å². The molecule has 0 atom stereocenters. The van der Waals surface area contributed by atoms with Gasteiger partial charge in [-0.15, -0.1) is 0 Å².